The van der Waals surface area contributed by atoms with Crippen LogP contribution in [0.15, 0.2) is 0 Å². The lowest BCUT2D eigenvalue weighted by Crippen LogP contribution is -2.46. The first kappa shape index (κ1) is 16.4. The molecule has 6 nitrogen and oxygen atoms in total. The van der Waals surface area contributed by atoms with Crippen molar-refractivity contribution < 1.29 is 23.1 Å². The molecule has 0 aromatic carbocycles. The average molecular weight is 293 g/mol. The summed E-state index contributed by atoms with van der Waals surface area (Å²) in [6, 6.07) is 0. The van der Waals surface area contributed by atoms with E-state index in [0.717, 1.165) is 0 Å². The zero-order chi connectivity index (χ0) is 14.5. The van der Waals surface area contributed by atoms with Crippen LogP contribution in [0.1, 0.15) is 39.5 Å². The molecule has 0 unspecified atom stereocenters. The van der Waals surface area contributed by atoms with Crippen molar-refractivity contribution in [3.63, 3.8) is 0 Å². The molecule has 0 amide bonds. The highest BCUT2D eigenvalue weighted by molar-refractivity contribution is 7.90. The largest absolute Gasteiger partial charge is 0.481 e. The fraction of sp³-hybridized carbons (Fsp3) is 0.917. The van der Waals surface area contributed by atoms with Crippen molar-refractivity contribution in [2.45, 2.75) is 44.8 Å². The SMILES string of the molecule is CCC(CC)(CNS(=O)(=O)C1CCOCC1)C(=O)O. The van der Waals surface area contributed by atoms with Crippen LogP contribution in [0.3, 0.4) is 0 Å². The Labute approximate surface area is 114 Å². The fourth-order valence-corrected chi connectivity index (χ4v) is 3.75. The molecule has 0 aromatic rings. The maximum atomic E-state index is 12.1. The number of nitrogens with one attached hydrogen (secondary N) is 1. The highest BCUT2D eigenvalue weighted by Gasteiger charge is 2.37. The Kier molecular flexibility index (Phi) is 5.76. The van der Waals surface area contributed by atoms with E-state index < -0.39 is 26.7 Å². The van der Waals surface area contributed by atoms with Gasteiger partial charge in [-0.15, -0.1) is 0 Å². The summed E-state index contributed by atoms with van der Waals surface area (Å²) in [6.45, 7) is 4.37. The van der Waals surface area contributed by atoms with Gasteiger partial charge in [-0.1, -0.05) is 13.8 Å². The molecule has 1 aliphatic rings. The second-order valence-electron chi connectivity index (χ2n) is 4.97. The van der Waals surface area contributed by atoms with Crippen LogP contribution in [0.4, 0.5) is 0 Å². The minimum absolute atomic E-state index is 0.0466. The van der Waals surface area contributed by atoms with E-state index in [4.69, 9.17) is 4.74 Å². The molecule has 0 saturated carbocycles. The summed E-state index contributed by atoms with van der Waals surface area (Å²) in [7, 11) is -3.46. The number of carboxylic acids is 1. The Morgan fingerprint density at radius 1 is 1.32 bits per heavy atom. The van der Waals surface area contributed by atoms with Crippen molar-refractivity contribution in [2.24, 2.45) is 5.41 Å². The average Bonchev–Trinajstić information content (AvgIpc) is 2.41. The van der Waals surface area contributed by atoms with Gasteiger partial charge in [0.2, 0.25) is 10.0 Å². The molecule has 1 aliphatic heterocycles. The second-order valence-corrected chi connectivity index (χ2v) is 7.02. The number of aliphatic carboxylic acids is 1. The van der Waals surface area contributed by atoms with E-state index in [-0.39, 0.29) is 6.54 Å². The first-order chi connectivity index (χ1) is 8.88. The van der Waals surface area contributed by atoms with Crippen LogP contribution in [0.25, 0.3) is 0 Å². The van der Waals surface area contributed by atoms with Crippen molar-refractivity contribution in [2.75, 3.05) is 19.8 Å². The van der Waals surface area contributed by atoms with Gasteiger partial charge in [-0.3, -0.25) is 4.79 Å². The quantitative estimate of drug-likeness (QED) is 0.730. The third-order valence-electron chi connectivity index (χ3n) is 4.03. The smallest absolute Gasteiger partial charge is 0.310 e. The van der Waals surface area contributed by atoms with Crippen molar-refractivity contribution in [3.05, 3.63) is 0 Å². The van der Waals surface area contributed by atoms with E-state index in [9.17, 15) is 18.3 Å². The van der Waals surface area contributed by atoms with Crippen LogP contribution in [0, 0.1) is 5.41 Å². The van der Waals surface area contributed by atoms with Crippen LogP contribution in [-0.4, -0.2) is 44.5 Å². The molecule has 1 heterocycles. The predicted octanol–water partition coefficient (Wildman–Crippen LogP) is 0.976. The Bertz CT molecular complexity index is 396. The van der Waals surface area contributed by atoms with Crippen LogP contribution < -0.4 is 4.72 Å². The van der Waals surface area contributed by atoms with Crippen molar-refractivity contribution >= 4 is 16.0 Å². The Morgan fingerprint density at radius 2 is 1.84 bits per heavy atom. The predicted molar refractivity (Wildman–Crippen MR) is 71.4 cm³/mol. The lowest BCUT2D eigenvalue weighted by Gasteiger charge is -2.29. The van der Waals surface area contributed by atoms with Gasteiger partial charge in [0.1, 0.15) is 0 Å². The maximum absolute atomic E-state index is 12.1. The summed E-state index contributed by atoms with van der Waals surface area (Å²) in [5.41, 5.74) is -1.02. The van der Waals surface area contributed by atoms with Gasteiger partial charge in [0.25, 0.3) is 0 Å². The van der Waals surface area contributed by atoms with Gasteiger partial charge in [0.15, 0.2) is 0 Å². The Hall–Kier alpha value is -0.660. The van der Waals surface area contributed by atoms with E-state index in [0.29, 0.717) is 38.9 Å². The molecule has 7 heteroatoms. The van der Waals surface area contributed by atoms with E-state index in [1.165, 1.54) is 0 Å². The molecular formula is C12H23NO5S. The molecular weight excluding hydrogens is 270 g/mol. The summed E-state index contributed by atoms with van der Waals surface area (Å²) in [5, 5.41) is 8.81. The molecule has 1 fully saturated rings. The highest BCUT2D eigenvalue weighted by atomic mass is 32.2. The summed E-state index contributed by atoms with van der Waals surface area (Å²) in [4.78, 5) is 11.3. The molecule has 0 spiro atoms. The number of rotatable bonds is 7. The van der Waals surface area contributed by atoms with Gasteiger partial charge in [0, 0.05) is 19.8 Å². The molecule has 0 aliphatic carbocycles. The zero-order valence-corrected chi connectivity index (χ0v) is 12.3. The van der Waals surface area contributed by atoms with Gasteiger partial charge in [0.05, 0.1) is 10.7 Å². The Morgan fingerprint density at radius 3 is 2.26 bits per heavy atom. The van der Waals surface area contributed by atoms with Gasteiger partial charge in [-0.25, -0.2) is 13.1 Å². The summed E-state index contributed by atoms with van der Waals surface area (Å²) >= 11 is 0. The minimum atomic E-state index is -3.46. The zero-order valence-electron chi connectivity index (χ0n) is 11.5. The molecule has 0 atom stereocenters. The number of carboxylic acid groups (broad SMARTS) is 1. The van der Waals surface area contributed by atoms with E-state index in [1.807, 2.05) is 0 Å². The number of ether oxygens (including phenoxy) is 1. The number of hydrogen-bond donors (Lipinski definition) is 2. The monoisotopic (exact) mass is 293 g/mol. The Balaban J connectivity index is 2.70. The number of sulfonamides is 1. The summed E-state index contributed by atoms with van der Waals surface area (Å²) in [6.07, 6.45) is 1.73. The minimum Gasteiger partial charge on any atom is -0.481 e. The normalized spacial score (nSPS) is 18.4. The lowest BCUT2D eigenvalue weighted by atomic mass is 9.83. The fourth-order valence-electron chi connectivity index (χ4n) is 2.22. The number of carbonyl (C=O) groups is 1. The van der Waals surface area contributed by atoms with Gasteiger partial charge < -0.3 is 9.84 Å². The molecule has 0 aromatic heterocycles. The van der Waals surface area contributed by atoms with Crippen LogP contribution in [-0.2, 0) is 19.6 Å². The highest BCUT2D eigenvalue weighted by Crippen LogP contribution is 2.26. The molecule has 112 valence electrons. The first-order valence-corrected chi connectivity index (χ1v) is 8.22. The lowest BCUT2D eigenvalue weighted by molar-refractivity contribution is -0.149. The van der Waals surface area contributed by atoms with E-state index in [2.05, 4.69) is 4.72 Å². The molecule has 0 bridgehead atoms. The molecule has 2 N–H and O–H groups in total. The van der Waals surface area contributed by atoms with E-state index >= 15 is 0 Å². The topological polar surface area (TPSA) is 92.7 Å². The van der Waals surface area contributed by atoms with Crippen molar-refractivity contribution in [3.8, 4) is 0 Å². The molecule has 1 saturated heterocycles. The van der Waals surface area contributed by atoms with E-state index in [1.54, 1.807) is 13.8 Å². The maximum Gasteiger partial charge on any atom is 0.310 e. The molecule has 1 rings (SSSR count). The second kappa shape index (κ2) is 6.67. The van der Waals surface area contributed by atoms with Crippen LogP contribution >= 0.6 is 0 Å². The van der Waals surface area contributed by atoms with Crippen molar-refractivity contribution in [1.29, 1.82) is 0 Å². The standard InChI is InChI=1S/C12H23NO5S/c1-3-12(4-2,11(14)15)9-13-19(16,17)10-5-7-18-8-6-10/h10,13H,3-9H2,1-2H3,(H,14,15). The van der Waals surface area contributed by atoms with Crippen LogP contribution in [0.2, 0.25) is 0 Å². The summed E-state index contributed by atoms with van der Waals surface area (Å²) in [5.74, 6) is -0.952. The molecule has 0 radical (unpaired) electrons. The molecule has 19 heavy (non-hydrogen) atoms. The van der Waals surface area contributed by atoms with Crippen molar-refractivity contribution in [1.82, 2.24) is 4.72 Å². The summed E-state index contributed by atoms with van der Waals surface area (Å²) < 4.78 is 31.9. The van der Waals surface area contributed by atoms with Gasteiger partial charge in [-0.05, 0) is 25.7 Å². The van der Waals surface area contributed by atoms with Gasteiger partial charge >= 0.3 is 5.97 Å². The third-order valence-corrected chi connectivity index (χ3v) is 5.92. The van der Waals surface area contributed by atoms with Gasteiger partial charge in [-0.2, -0.15) is 0 Å². The number of hydrogen-bond acceptors (Lipinski definition) is 4. The first-order valence-electron chi connectivity index (χ1n) is 6.67. The van der Waals surface area contributed by atoms with Crippen LogP contribution in [0.5, 0.6) is 0 Å². The third kappa shape index (κ3) is 3.90.